The number of carbonyl (C=O) groups excluding carboxylic acids is 1. The summed E-state index contributed by atoms with van der Waals surface area (Å²) in [5.74, 6) is 0.548. The third-order valence-corrected chi connectivity index (χ3v) is 2.64. The molecule has 7 nitrogen and oxygen atoms in total. The lowest BCUT2D eigenvalue weighted by atomic mass is 10.2. The lowest BCUT2D eigenvalue weighted by Gasteiger charge is -2.21. The summed E-state index contributed by atoms with van der Waals surface area (Å²) in [4.78, 5) is 15.8. The van der Waals surface area contributed by atoms with Crippen LogP contribution in [0, 0.1) is 0 Å². The van der Waals surface area contributed by atoms with Crippen molar-refractivity contribution in [1.29, 1.82) is 0 Å². The summed E-state index contributed by atoms with van der Waals surface area (Å²) in [7, 11) is 1.62. The number of aromatic nitrogens is 1. The highest BCUT2D eigenvalue weighted by atomic mass is 16.6. The molecule has 1 rings (SSSR count). The van der Waals surface area contributed by atoms with Crippen LogP contribution in [0.2, 0.25) is 0 Å². The van der Waals surface area contributed by atoms with Gasteiger partial charge in [0.15, 0.2) is 0 Å². The van der Waals surface area contributed by atoms with Crippen molar-refractivity contribution in [3.63, 3.8) is 0 Å². The topological polar surface area (TPSA) is 81.7 Å². The molecule has 1 aromatic rings. The third kappa shape index (κ3) is 8.87. The summed E-state index contributed by atoms with van der Waals surface area (Å²) in [5.41, 5.74) is 0.353. The van der Waals surface area contributed by atoms with Gasteiger partial charge in [-0.25, -0.2) is 9.78 Å². The molecule has 0 spiro atoms. The Morgan fingerprint density at radius 2 is 2.04 bits per heavy atom. The number of methoxy groups -OCH3 is 1. The molecule has 1 atom stereocenters. The lowest BCUT2D eigenvalue weighted by molar-refractivity contribution is 0.0526. The molecule has 1 amide bonds. The van der Waals surface area contributed by atoms with Crippen LogP contribution in [0.5, 0.6) is 5.88 Å². The first-order valence-corrected chi connectivity index (χ1v) is 7.61. The van der Waals surface area contributed by atoms with Crippen LogP contribution in [0.1, 0.15) is 27.7 Å². The highest BCUT2D eigenvalue weighted by Crippen LogP contribution is 2.12. The molecule has 0 aromatic carbocycles. The number of pyridine rings is 1. The number of amides is 1. The van der Waals surface area contributed by atoms with Gasteiger partial charge in [0.1, 0.15) is 12.2 Å². The Balaban J connectivity index is 2.33. The third-order valence-electron chi connectivity index (χ3n) is 2.64. The molecule has 0 radical (unpaired) electrons. The van der Waals surface area contributed by atoms with E-state index in [0.717, 1.165) is 5.69 Å². The molecule has 0 aliphatic carbocycles. The molecule has 0 saturated carbocycles. The minimum absolute atomic E-state index is 0.0320. The van der Waals surface area contributed by atoms with Gasteiger partial charge in [0.2, 0.25) is 5.88 Å². The van der Waals surface area contributed by atoms with Gasteiger partial charge in [0, 0.05) is 25.8 Å². The van der Waals surface area contributed by atoms with E-state index in [-0.39, 0.29) is 6.04 Å². The minimum atomic E-state index is -0.497. The standard InChI is InChI=1S/C16H27N3O4/c1-12(10-18-15(20)23-16(2,3)4)19-13-6-7-14(17-11-13)22-9-8-21-5/h6-7,11-12,19H,8-10H2,1-5H3,(H,18,20). The van der Waals surface area contributed by atoms with Crippen molar-refractivity contribution in [2.45, 2.75) is 39.3 Å². The zero-order valence-corrected chi connectivity index (χ0v) is 14.5. The van der Waals surface area contributed by atoms with Crippen LogP contribution >= 0.6 is 0 Å². The predicted molar refractivity (Wildman–Crippen MR) is 88.9 cm³/mol. The molecule has 0 bridgehead atoms. The zero-order chi connectivity index (χ0) is 17.3. The predicted octanol–water partition coefficient (Wildman–Crippen LogP) is 2.43. The minimum Gasteiger partial charge on any atom is -0.475 e. The number of hydrogen-bond acceptors (Lipinski definition) is 6. The summed E-state index contributed by atoms with van der Waals surface area (Å²) in [5, 5.41) is 5.96. The number of alkyl carbamates (subject to hydrolysis) is 1. The largest absolute Gasteiger partial charge is 0.475 e. The van der Waals surface area contributed by atoms with E-state index in [0.29, 0.717) is 25.6 Å². The Morgan fingerprint density at radius 3 is 2.61 bits per heavy atom. The van der Waals surface area contributed by atoms with Crippen molar-refractivity contribution >= 4 is 11.8 Å². The van der Waals surface area contributed by atoms with Gasteiger partial charge in [-0.05, 0) is 33.8 Å². The molecular formula is C16H27N3O4. The first kappa shape index (κ1) is 19.0. The molecule has 23 heavy (non-hydrogen) atoms. The first-order valence-electron chi connectivity index (χ1n) is 7.61. The number of nitrogens with zero attached hydrogens (tertiary/aromatic N) is 1. The van der Waals surface area contributed by atoms with E-state index in [9.17, 15) is 4.79 Å². The molecule has 0 fully saturated rings. The summed E-state index contributed by atoms with van der Waals surface area (Å²) < 4.78 is 15.5. The highest BCUT2D eigenvalue weighted by Gasteiger charge is 2.16. The van der Waals surface area contributed by atoms with Crippen molar-refractivity contribution in [2.75, 3.05) is 32.2 Å². The zero-order valence-electron chi connectivity index (χ0n) is 14.5. The Kier molecular flexibility index (Phi) is 7.61. The Bertz CT molecular complexity index is 471. The molecule has 0 aliphatic rings. The maximum Gasteiger partial charge on any atom is 0.407 e. The summed E-state index contributed by atoms with van der Waals surface area (Å²) in [6, 6.07) is 3.69. The van der Waals surface area contributed by atoms with E-state index in [1.165, 1.54) is 0 Å². The normalized spacial score (nSPS) is 12.4. The Labute approximate surface area is 137 Å². The average Bonchev–Trinajstić information content (AvgIpc) is 2.45. The van der Waals surface area contributed by atoms with E-state index in [4.69, 9.17) is 14.2 Å². The van der Waals surface area contributed by atoms with Crippen LogP contribution < -0.4 is 15.4 Å². The van der Waals surface area contributed by atoms with Crippen LogP contribution in [-0.2, 0) is 9.47 Å². The van der Waals surface area contributed by atoms with Crippen molar-refractivity contribution in [3.8, 4) is 5.88 Å². The van der Waals surface area contributed by atoms with Gasteiger partial charge in [-0.1, -0.05) is 0 Å². The maximum absolute atomic E-state index is 11.6. The van der Waals surface area contributed by atoms with E-state index >= 15 is 0 Å². The maximum atomic E-state index is 11.6. The molecular weight excluding hydrogens is 298 g/mol. The molecule has 0 saturated heterocycles. The number of ether oxygens (including phenoxy) is 3. The number of nitrogens with one attached hydrogen (secondary N) is 2. The number of rotatable bonds is 8. The van der Waals surface area contributed by atoms with Gasteiger partial charge in [0.25, 0.3) is 0 Å². The summed E-state index contributed by atoms with van der Waals surface area (Å²) in [6.45, 7) is 8.88. The second kappa shape index (κ2) is 9.19. The van der Waals surface area contributed by atoms with Crippen molar-refractivity contribution in [1.82, 2.24) is 10.3 Å². The van der Waals surface area contributed by atoms with Crippen LogP contribution in [0.15, 0.2) is 18.3 Å². The number of carbonyl (C=O) groups is 1. The number of anilines is 1. The Morgan fingerprint density at radius 1 is 1.30 bits per heavy atom. The van der Waals surface area contributed by atoms with Crippen molar-refractivity contribution in [2.24, 2.45) is 0 Å². The summed E-state index contributed by atoms with van der Waals surface area (Å²) in [6.07, 6.45) is 1.26. The molecule has 0 aliphatic heterocycles. The van der Waals surface area contributed by atoms with Crippen LogP contribution in [0.3, 0.4) is 0 Å². The monoisotopic (exact) mass is 325 g/mol. The van der Waals surface area contributed by atoms with Gasteiger partial charge in [-0.2, -0.15) is 0 Å². The quantitative estimate of drug-likeness (QED) is 0.715. The van der Waals surface area contributed by atoms with Crippen LogP contribution in [0.4, 0.5) is 10.5 Å². The van der Waals surface area contributed by atoms with E-state index < -0.39 is 11.7 Å². The molecule has 1 unspecified atom stereocenters. The fourth-order valence-electron chi connectivity index (χ4n) is 1.67. The number of hydrogen-bond donors (Lipinski definition) is 2. The molecule has 1 heterocycles. The smallest absolute Gasteiger partial charge is 0.407 e. The lowest BCUT2D eigenvalue weighted by Crippen LogP contribution is -2.38. The Hall–Kier alpha value is -2.02. The SMILES string of the molecule is COCCOc1ccc(NC(C)CNC(=O)OC(C)(C)C)cn1. The van der Waals surface area contributed by atoms with Crippen LogP contribution in [-0.4, -0.2) is 49.6 Å². The second-order valence-corrected chi connectivity index (χ2v) is 6.15. The second-order valence-electron chi connectivity index (χ2n) is 6.15. The molecule has 130 valence electrons. The van der Waals surface area contributed by atoms with E-state index in [2.05, 4.69) is 15.6 Å². The van der Waals surface area contributed by atoms with Crippen molar-refractivity contribution < 1.29 is 19.0 Å². The average molecular weight is 325 g/mol. The fraction of sp³-hybridized carbons (Fsp3) is 0.625. The first-order chi connectivity index (χ1) is 10.8. The summed E-state index contributed by atoms with van der Waals surface area (Å²) >= 11 is 0. The van der Waals surface area contributed by atoms with Gasteiger partial charge < -0.3 is 24.8 Å². The molecule has 7 heteroatoms. The fourth-order valence-corrected chi connectivity index (χ4v) is 1.67. The van der Waals surface area contributed by atoms with Gasteiger partial charge in [-0.15, -0.1) is 0 Å². The molecule has 1 aromatic heterocycles. The van der Waals surface area contributed by atoms with Crippen LogP contribution in [0.25, 0.3) is 0 Å². The van der Waals surface area contributed by atoms with Gasteiger partial charge in [-0.3, -0.25) is 0 Å². The van der Waals surface area contributed by atoms with E-state index in [1.807, 2.05) is 33.8 Å². The van der Waals surface area contributed by atoms with Crippen molar-refractivity contribution in [3.05, 3.63) is 18.3 Å². The van der Waals surface area contributed by atoms with Gasteiger partial charge in [0.05, 0.1) is 18.5 Å². The van der Waals surface area contributed by atoms with E-state index in [1.54, 1.807) is 19.4 Å². The highest BCUT2D eigenvalue weighted by molar-refractivity contribution is 5.67. The molecule has 2 N–H and O–H groups in total. The van der Waals surface area contributed by atoms with Gasteiger partial charge >= 0.3 is 6.09 Å².